The highest BCUT2D eigenvalue weighted by molar-refractivity contribution is 5.20. The fourth-order valence-corrected chi connectivity index (χ4v) is 2.13. The highest BCUT2D eigenvalue weighted by atomic mass is 16.3. The molecular formula is C12H18N2O. The summed E-state index contributed by atoms with van der Waals surface area (Å²) in [7, 11) is 0. The zero-order valence-electron chi connectivity index (χ0n) is 9.16. The van der Waals surface area contributed by atoms with Crippen LogP contribution in [0.25, 0.3) is 0 Å². The molecule has 0 radical (unpaired) electrons. The van der Waals surface area contributed by atoms with Gasteiger partial charge in [0.2, 0.25) is 0 Å². The largest absolute Gasteiger partial charge is 0.389 e. The van der Waals surface area contributed by atoms with Crippen LogP contribution < -0.4 is 5.32 Å². The van der Waals surface area contributed by atoms with E-state index in [1.54, 1.807) is 6.20 Å². The first-order valence-electron chi connectivity index (χ1n) is 5.53. The Morgan fingerprint density at radius 2 is 2.20 bits per heavy atom. The van der Waals surface area contributed by atoms with Gasteiger partial charge in [-0.3, -0.25) is 4.98 Å². The van der Waals surface area contributed by atoms with Crippen molar-refractivity contribution >= 4 is 0 Å². The number of hydrogen-bond acceptors (Lipinski definition) is 3. The Hall–Kier alpha value is -0.930. The maximum atomic E-state index is 10.4. The smallest absolute Gasteiger partial charge is 0.0712 e. The van der Waals surface area contributed by atoms with E-state index in [0.717, 1.165) is 38.0 Å². The van der Waals surface area contributed by atoms with Crippen LogP contribution in [0.4, 0.5) is 0 Å². The fraction of sp³-hybridized carbons (Fsp3) is 0.583. The lowest BCUT2D eigenvalue weighted by atomic mass is 9.86. The van der Waals surface area contributed by atoms with Crippen molar-refractivity contribution in [2.24, 2.45) is 0 Å². The highest BCUT2D eigenvalue weighted by Gasteiger charge is 2.29. The van der Waals surface area contributed by atoms with Crippen molar-refractivity contribution in [1.29, 1.82) is 0 Å². The number of aromatic nitrogens is 1. The zero-order valence-corrected chi connectivity index (χ0v) is 9.16. The Balaban J connectivity index is 2.10. The van der Waals surface area contributed by atoms with Crippen LogP contribution in [0, 0.1) is 6.92 Å². The molecule has 0 atom stereocenters. The lowest BCUT2D eigenvalue weighted by Gasteiger charge is -2.32. The van der Waals surface area contributed by atoms with Crippen LogP contribution in [0.1, 0.15) is 24.1 Å². The number of piperidine rings is 1. The predicted octanol–water partition coefficient (Wildman–Crippen LogP) is 1.05. The van der Waals surface area contributed by atoms with Crippen LogP contribution in [0.5, 0.6) is 0 Å². The van der Waals surface area contributed by atoms with E-state index in [1.165, 1.54) is 5.56 Å². The third kappa shape index (κ3) is 2.55. The summed E-state index contributed by atoms with van der Waals surface area (Å²) in [4.78, 5) is 4.25. The molecule has 0 spiro atoms. The third-order valence-electron chi connectivity index (χ3n) is 3.17. The molecule has 1 aliphatic rings. The first-order valence-corrected chi connectivity index (χ1v) is 5.53. The lowest BCUT2D eigenvalue weighted by Crippen LogP contribution is -2.43. The van der Waals surface area contributed by atoms with Gasteiger partial charge in [-0.05, 0) is 44.5 Å². The molecule has 1 aromatic heterocycles. The summed E-state index contributed by atoms with van der Waals surface area (Å²) in [6, 6.07) is 4.00. The topological polar surface area (TPSA) is 45.2 Å². The minimum absolute atomic E-state index is 0.529. The minimum Gasteiger partial charge on any atom is -0.389 e. The van der Waals surface area contributed by atoms with Crippen molar-refractivity contribution in [2.75, 3.05) is 13.1 Å². The second-order valence-corrected chi connectivity index (χ2v) is 4.40. The van der Waals surface area contributed by atoms with Crippen LogP contribution in [0.3, 0.4) is 0 Å². The van der Waals surface area contributed by atoms with Gasteiger partial charge in [0.1, 0.15) is 0 Å². The molecule has 0 aromatic carbocycles. The van der Waals surface area contributed by atoms with Crippen molar-refractivity contribution < 1.29 is 5.11 Å². The van der Waals surface area contributed by atoms with E-state index in [4.69, 9.17) is 0 Å². The maximum absolute atomic E-state index is 10.4. The van der Waals surface area contributed by atoms with Gasteiger partial charge < -0.3 is 10.4 Å². The van der Waals surface area contributed by atoms with Gasteiger partial charge >= 0.3 is 0 Å². The number of pyridine rings is 1. The Kier molecular flexibility index (Phi) is 3.03. The zero-order chi connectivity index (χ0) is 10.7. The molecule has 1 saturated heterocycles. The summed E-state index contributed by atoms with van der Waals surface area (Å²) >= 11 is 0. The van der Waals surface area contributed by atoms with E-state index < -0.39 is 5.60 Å². The van der Waals surface area contributed by atoms with Crippen molar-refractivity contribution in [3.05, 3.63) is 29.6 Å². The normalized spacial score (nSPS) is 20.1. The minimum atomic E-state index is -0.529. The van der Waals surface area contributed by atoms with Gasteiger partial charge in [-0.2, -0.15) is 0 Å². The van der Waals surface area contributed by atoms with Gasteiger partial charge in [0.25, 0.3) is 0 Å². The summed E-state index contributed by atoms with van der Waals surface area (Å²) in [6.45, 7) is 3.82. The molecule has 1 fully saturated rings. The molecule has 3 nitrogen and oxygen atoms in total. The van der Waals surface area contributed by atoms with Crippen LogP contribution in [-0.4, -0.2) is 28.8 Å². The molecule has 0 saturated carbocycles. The summed E-state index contributed by atoms with van der Waals surface area (Å²) in [6.07, 6.45) is 4.20. The summed E-state index contributed by atoms with van der Waals surface area (Å²) < 4.78 is 0. The van der Waals surface area contributed by atoms with Crippen LogP contribution in [0.2, 0.25) is 0 Å². The van der Waals surface area contributed by atoms with Crippen molar-refractivity contribution in [1.82, 2.24) is 10.3 Å². The van der Waals surface area contributed by atoms with E-state index >= 15 is 0 Å². The van der Waals surface area contributed by atoms with Crippen LogP contribution >= 0.6 is 0 Å². The maximum Gasteiger partial charge on any atom is 0.0712 e. The van der Waals surface area contributed by atoms with Crippen molar-refractivity contribution in [3.8, 4) is 0 Å². The average molecular weight is 206 g/mol. The molecule has 1 aliphatic heterocycles. The molecular weight excluding hydrogens is 188 g/mol. The van der Waals surface area contributed by atoms with Gasteiger partial charge in [0.05, 0.1) is 5.60 Å². The molecule has 0 unspecified atom stereocenters. The number of hydrogen-bond donors (Lipinski definition) is 2. The second kappa shape index (κ2) is 4.29. The molecule has 2 rings (SSSR count). The van der Waals surface area contributed by atoms with Crippen molar-refractivity contribution in [2.45, 2.75) is 31.8 Å². The molecule has 0 amide bonds. The highest BCUT2D eigenvalue weighted by Crippen LogP contribution is 2.23. The van der Waals surface area contributed by atoms with Gasteiger partial charge in [0.15, 0.2) is 0 Å². The number of rotatable bonds is 2. The Morgan fingerprint density at radius 3 is 2.87 bits per heavy atom. The number of aliphatic hydroxyl groups is 1. The monoisotopic (exact) mass is 206 g/mol. The van der Waals surface area contributed by atoms with E-state index in [-0.39, 0.29) is 0 Å². The van der Waals surface area contributed by atoms with E-state index in [0.29, 0.717) is 0 Å². The molecule has 1 aromatic rings. The molecule has 0 aliphatic carbocycles. The summed E-state index contributed by atoms with van der Waals surface area (Å²) in [5.74, 6) is 0. The summed E-state index contributed by atoms with van der Waals surface area (Å²) in [5, 5.41) is 13.6. The number of nitrogens with zero attached hydrogens (tertiary/aromatic N) is 1. The molecule has 0 bridgehead atoms. The predicted molar refractivity (Wildman–Crippen MR) is 59.7 cm³/mol. The molecule has 82 valence electrons. The Morgan fingerprint density at radius 1 is 1.47 bits per heavy atom. The van der Waals surface area contributed by atoms with Gasteiger partial charge in [-0.15, -0.1) is 0 Å². The lowest BCUT2D eigenvalue weighted by molar-refractivity contribution is 0.0106. The molecule has 2 heterocycles. The average Bonchev–Trinajstić information content (AvgIpc) is 2.22. The standard InChI is InChI=1S/C12H18N2O/c1-10-11(3-2-6-14-10)9-12(15)4-7-13-8-5-12/h2-3,6,13,15H,4-5,7-9H2,1H3. The fourth-order valence-electron chi connectivity index (χ4n) is 2.13. The first-order chi connectivity index (χ1) is 7.20. The van der Waals surface area contributed by atoms with Gasteiger partial charge in [0, 0.05) is 18.3 Å². The van der Waals surface area contributed by atoms with Crippen molar-refractivity contribution in [3.63, 3.8) is 0 Å². The number of nitrogens with one attached hydrogen (secondary N) is 1. The quantitative estimate of drug-likeness (QED) is 0.760. The number of aryl methyl sites for hydroxylation is 1. The second-order valence-electron chi connectivity index (χ2n) is 4.40. The van der Waals surface area contributed by atoms with E-state index in [2.05, 4.69) is 16.4 Å². The van der Waals surface area contributed by atoms with Crippen LogP contribution in [0.15, 0.2) is 18.3 Å². The SMILES string of the molecule is Cc1ncccc1CC1(O)CCNCC1. The van der Waals surface area contributed by atoms with E-state index in [1.807, 2.05) is 13.0 Å². The first kappa shape index (κ1) is 10.6. The third-order valence-corrected chi connectivity index (χ3v) is 3.17. The molecule has 3 heteroatoms. The van der Waals surface area contributed by atoms with Gasteiger partial charge in [-0.25, -0.2) is 0 Å². The van der Waals surface area contributed by atoms with Crippen LogP contribution in [-0.2, 0) is 6.42 Å². The Labute approximate surface area is 90.5 Å². The Bertz CT molecular complexity index is 332. The molecule has 15 heavy (non-hydrogen) atoms. The summed E-state index contributed by atoms with van der Waals surface area (Å²) in [5.41, 5.74) is 1.67. The molecule has 2 N–H and O–H groups in total. The van der Waals surface area contributed by atoms with Gasteiger partial charge in [-0.1, -0.05) is 6.07 Å². The van der Waals surface area contributed by atoms with E-state index in [9.17, 15) is 5.11 Å².